The zero-order chi connectivity index (χ0) is 25.0. The predicted octanol–water partition coefficient (Wildman–Crippen LogP) is 4.13. The van der Waals surface area contributed by atoms with Crippen LogP contribution in [0.5, 0.6) is 0 Å². The molecule has 0 aliphatic rings. The molecule has 0 radical (unpaired) electrons. The fraction of sp³-hybridized carbons (Fsp3) is 0.217. The second-order valence-corrected chi connectivity index (χ2v) is 9.42. The molecular formula is C23H22Cl2N4O4S. The molecule has 0 bridgehead atoms. The Hall–Kier alpha value is -2.98. The molecule has 178 valence electrons. The number of hydrogen-bond acceptors (Lipinski definition) is 6. The Bertz CT molecular complexity index is 1220. The van der Waals surface area contributed by atoms with Gasteiger partial charge in [0, 0.05) is 22.6 Å². The number of halogens is 2. The Balaban J connectivity index is 2.34. The van der Waals surface area contributed by atoms with Crippen LogP contribution in [0.4, 0.5) is 5.69 Å². The van der Waals surface area contributed by atoms with Crippen molar-refractivity contribution in [3.63, 3.8) is 0 Å². The molecule has 1 aromatic heterocycles. The number of anilines is 1. The Morgan fingerprint density at radius 2 is 1.74 bits per heavy atom. The topological polar surface area (TPSA) is 117 Å². The number of hydrogen-bond donors (Lipinski definition) is 2. The van der Waals surface area contributed by atoms with E-state index in [1.165, 1.54) is 16.3 Å². The molecule has 3 N–H and O–H groups in total. The number of primary amides is 1. The van der Waals surface area contributed by atoms with Crippen molar-refractivity contribution in [3.05, 3.63) is 80.2 Å². The fourth-order valence-corrected chi connectivity index (χ4v) is 4.82. The van der Waals surface area contributed by atoms with E-state index >= 15 is 0 Å². The Morgan fingerprint density at radius 3 is 2.26 bits per heavy atom. The number of carboxylic acid groups (broad SMARTS) is 1. The predicted molar refractivity (Wildman–Crippen MR) is 133 cm³/mol. The molecule has 0 saturated heterocycles. The molecule has 0 aliphatic heterocycles. The third-order valence-electron chi connectivity index (χ3n) is 5.18. The number of nitrogens with two attached hydrogens (primary N) is 1. The maximum absolute atomic E-state index is 14.0. The molecule has 0 fully saturated rings. The van der Waals surface area contributed by atoms with Crippen LogP contribution in [0.25, 0.3) is 0 Å². The summed E-state index contributed by atoms with van der Waals surface area (Å²) in [6.07, 6.45) is 0.0424. The standard InChI is InChI=1S/C23H22Cl2N4O4S/c1-28(2)12-11-23(21(26)33,22-27-18(13-34-22)20(31)32)29(15-9-7-14(24)8-10-15)19(30)16-5-3-4-6-17(16)25/h3-10,13H,11-12H2,1-2H3,(H2,26,33)(H,31,32). The van der Waals surface area contributed by atoms with E-state index in [1.54, 1.807) is 56.6 Å². The third kappa shape index (κ3) is 5.07. The van der Waals surface area contributed by atoms with Gasteiger partial charge in [0.2, 0.25) is 0 Å². The van der Waals surface area contributed by atoms with E-state index in [0.29, 0.717) is 17.3 Å². The number of carbonyl (C=O) groups excluding carboxylic acids is 2. The lowest BCUT2D eigenvalue weighted by Gasteiger charge is -2.41. The largest absolute Gasteiger partial charge is 0.476 e. The van der Waals surface area contributed by atoms with Gasteiger partial charge >= 0.3 is 5.97 Å². The zero-order valence-corrected chi connectivity index (χ0v) is 20.7. The van der Waals surface area contributed by atoms with Crippen molar-refractivity contribution in [1.29, 1.82) is 0 Å². The van der Waals surface area contributed by atoms with Crippen LogP contribution in [0, 0.1) is 0 Å². The average Bonchev–Trinajstić information content (AvgIpc) is 3.28. The molecule has 1 heterocycles. The molecule has 3 aromatic rings. The molecule has 3 rings (SSSR count). The van der Waals surface area contributed by atoms with E-state index in [9.17, 15) is 19.5 Å². The number of benzene rings is 2. The first-order chi connectivity index (χ1) is 16.1. The Labute approximate surface area is 210 Å². The van der Waals surface area contributed by atoms with E-state index in [-0.39, 0.29) is 27.7 Å². The summed E-state index contributed by atoms with van der Waals surface area (Å²) in [7, 11) is 3.61. The van der Waals surface area contributed by atoms with Crippen LogP contribution in [0.15, 0.2) is 53.9 Å². The van der Waals surface area contributed by atoms with Crippen molar-refractivity contribution in [1.82, 2.24) is 9.88 Å². The van der Waals surface area contributed by atoms with Crippen LogP contribution < -0.4 is 10.6 Å². The van der Waals surface area contributed by atoms with Crippen LogP contribution in [0.3, 0.4) is 0 Å². The van der Waals surface area contributed by atoms with Crippen molar-refractivity contribution in [2.75, 3.05) is 25.5 Å². The smallest absolute Gasteiger partial charge is 0.355 e. The van der Waals surface area contributed by atoms with Crippen LogP contribution in [0.1, 0.15) is 32.3 Å². The van der Waals surface area contributed by atoms with Gasteiger partial charge in [0.1, 0.15) is 5.01 Å². The molecule has 2 aromatic carbocycles. The number of amides is 2. The molecule has 34 heavy (non-hydrogen) atoms. The molecule has 0 spiro atoms. The fourth-order valence-electron chi connectivity index (χ4n) is 3.46. The van der Waals surface area contributed by atoms with Gasteiger partial charge in [-0.05, 0) is 56.9 Å². The number of aromatic carboxylic acids is 1. The van der Waals surface area contributed by atoms with Crippen LogP contribution >= 0.6 is 34.5 Å². The normalized spacial score (nSPS) is 12.9. The Kier molecular flexibility index (Phi) is 7.93. The highest BCUT2D eigenvalue weighted by Gasteiger charge is 2.50. The van der Waals surface area contributed by atoms with Crippen molar-refractivity contribution in [2.24, 2.45) is 5.73 Å². The molecule has 11 heteroatoms. The summed E-state index contributed by atoms with van der Waals surface area (Å²) < 4.78 is 0. The molecule has 0 saturated carbocycles. The summed E-state index contributed by atoms with van der Waals surface area (Å²) in [5, 5.41) is 11.4. The maximum Gasteiger partial charge on any atom is 0.355 e. The SMILES string of the molecule is CN(C)CCC(C(N)=O)(c1nc(C(=O)O)cs1)N(C(=O)c1ccccc1Cl)c1ccc(Cl)cc1. The Morgan fingerprint density at radius 1 is 1.09 bits per heavy atom. The number of rotatable bonds is 9. The van der Waals surface area contributed by atoms with Gasteiger partial charge in [-0.2, -0.15) is 0 Å². The minimum Gasteiger partial charge on any atom is -0.476 e. The highest BCUT2D eigenvalue weighted by atomic mass is 35.5. The van der Waals surface area contributed by atoms with Crippen LogP contribution in [-0.2, 0) is 10.3 Å². The van der Waals surface area contributed by atoms with E-state index in [2.05, 4.69) is 4.98 Å². The quantitative estimate of drug-likeness (QED) is 0.438. The first-order valence-electron chi connectivity index (χ1n) is 10.1. The zero-order valence-electron chi connectivity index (χ0n) is 18.4. The second kappa shape index (κ2) is 10.5. The van der Waals surface area contributed by atoms with E-state index < -0.39 is 23.3 Å². The van der Waals surface area contributed by atoms with Gasteiger partial charge in [-0.3, -0.25) is 14.5 Å². The first-order valence-corrected chi connectivity index (χ1v) is 11.7. The summed E-state index contributed by atoms with van der Waals surface area (Å²) in [4.78, 5) is 46.1. The molecule has 8 nitrogen and oxygen atoms in total. The molecule has 0 aliphatic carbocycles. The number of aromatic nitrogens is 1. The maximum atomic E-state index is 14.0. The lowest BCUT2D eigenvalue weighted by molar-refractivity contribution is -0.123. The van der Waals surface area contributed by atoms with Gasteiger partial charge in [0.25, 0.3) is 11.8 Å². The highest BCUT2D eigenvalue weighted by Crippen LogP contribution is 2.40. The van der Waals surface area contributed by atoms with Gasteiger partial charge in [-0.25, -0.2) is 9.78 Å². The summed E-state index contributed by atoms with van der Waals surface area (Å²) in [5.74, 6) is -2.72. The number of thiazole rings is 1. The van der Waals surface area contributed by atoms with Crippen LogP contribution in [-0.4, -0.2) is 53.4 Å². The van der Waals surface area contributed by atoms with Crippen molar-refractivity contribution < 1.29 is 19.5 Å². The summed E-state index contributed by atoms with van der Waals surface area (Å²) in [6.45, 7) is 0.338. The minimum atomic E-state index is -1.81. The van der Waals surface area contributed by atoms with Gasteiger partial charge in [-0.1, -0.05) is 35.3 Å². The molecule has 1 unspecified atom stereocenters. The highest BCUT2D eigenvalue weighted by molar-refractivity contribution is 7.10. The van der Waals surface area contributed by atoms with Gasteiger partial charge in [0.05, 0.1) is 10.6 Å². The van der Waals surface area contributed by atoms with Gasteiger partial charge < -0.3 is 15.7 Å². The number of carboxylic acids is 1. The monoisotopic (exact) mass is 520 g/mol. The minimum absolute atomic E-state index is 0.0424. The van der Waals surface area contributed by atoms with Crippen molar-refractivity contribution >= 4 is 58.0 Å². The summed E-state index contributed by atoms with van der Waals surface area (Å²) in [5.41, 5.74) is 4.40. The van der Waals surface area contributed by atoms with Crippen molar-refractivity contribution in [3.8, 4) is 0 Å². The van der Waals surface area contributed by atoms with Gasteiger partial charge in [-0.15, -0.1) is 11.3 Å². The summed E-state index contributed by atoms with van der Waals surface area (Å²) >= 11 is 13.4. The lowest BCUT2D eigenvalue weighted by Crippen LogP contribution is -2.59. The average molecular weight is 521 g/mol. The third-order valence-corrected chi connectivity index (χ3v) is 6.75. The van der Waals surface area contributed by atoms with E-state index in [1.807, 2.05) is 4.90 Å². The number of carbonyl (C=O) groups is 3. The van der Waals surface area contributed by atoms with Crippen LogP contribution in [0.2, 0.25) is 10.0 Å². The van der Waals surface area contributed by atoms with Gasteiger partial charge in [0.15, 0.2) is 11.2 Å². The van der Waals surface area contributed by atoms with E-state index in [0.717, 1.165) is 11.3 Å². The number of nitrogens with zero attached hydrogens (tertiary/aromatic N) is 3. The van der Waals surface area contributed by atoms with E-state index in [4.69, 9.17) is 28.9 Å². The first kappa shape index (κ1) is 25.6. The van der Waals surface area contributed by atoms with Crippen molar-refractivity contribution in [2.45, 2.75) is 12.0 Å². The molecule has 1 atom stereocenters. The lowest BCUT2D eigenvalue weighted by atomic mass is 9.90. The second-order valence-electron chi connectivity index (χ2n) is 7.72. The summed E-state index contributed by atoms with van der Waals surface area (Å²) in [6, 6.07) is 12.7. The molecule has 2 amide bonds. The molecular weight excluding hydrogens is 499 g/mol.